The van der Waals surface area contributed by atoms with Crippen molar-refractivity contribution in [2.45, 2.75) is 25.1 Å². The highest BCUT2D eigenvalue weighted by molar-refractivity contribution is 8.00. The van der Waals surface area contributed by atoms with Crippen molar-refractivity contribution in [3.05, 3.63) is 0 Å². The van der Waals surface area contributed by atoms with Crippen LogP contribution >= 0.6 is 11.8 Å². The highest BCUT2D eigenvalue weighted by Gasteiger charge is 2.33. The summed E-state index contributed by atoms with van der Waals surface area (Å²) in [4.78, 5) is 0. The lowest BCUT2D eigenvalue weighted by Crippen LogP contribution is -2.49. The number of sulfonamides is 1. The van der Waals surface area contributed by atoms with Crippen molar-refractivity contribution in [2.75, 3.05) is 24.7 Å². The standard InChI is InChI=1S/C8H17NO3S2/c1-7-8(2)13-5-3-9(7)14(11,12)6-4-10/h7-8,10H,3-6H2,1-2H3. The number of aliphatic hydroxyl groups is 1. The predicted molar refractivity (Wildman–Crippen MR) is 59.0 cm³/mol. The van der Waals surface area contributed by atoms with E-state index in [1.165, 1.54) is 4.31 Å². The lowest BCUT2D eigenvalue weighted by atomic mass is 10.2. The number of hydrogen-bond donors (Lipinski definition) is 1. The fourth-order valence-electron chi connectivity index (χ4n) is 1.53. The van der Waals surface area contributed by atoms with Gasteiger partial charge in [-0.3, -0.25) is 0 Å². The van der Waals surface area contributed by atoms with Crippen molar-refractivity contribution in [3.63, 3.8) is 0 Å². The molecule has 4 nitrogen and oxygen atoms in total. The molecule has 1 rings (SSSR count). The van der Waals surface area contributed by atoms with Gasteiger partial charge in [0.1, 0.15) is 0 Å². The van der Waals surface area contributed by atoms with Crippen molar-refractivity contribution in [2.24, 2.45) is 0 Å². The van der Waals surface area contributed by atoms with Gasteiger partial charge in [-0.1, -0.05) is 6.92 Å². The average molecular weight is 239 g/mol. The van der Waals surface area contributed by atoms with Gasteiger partial charge < -0.3 is 5.11 Å². The van der Waals surface area contributed by atoms with E-state index in [-0.39, 0.29) is 18.4 Å². The molecule has 0 saturated carbocycles. The minimum Gasteiger partial charge on any atom is -0.395 e. The molecule has 84 valence electrons. The van der Waals surface area contributed by atoms with E-state index in [2.05, 4.69) is 0 Å². The molecule has 0 aliphatic carbocycles. The molecule has 2 unspecified atom stereocenters. The van der Waals surface area contributed by atoms with Gasteiger partial charge in [-0.15, -0.1) is 0 Å². The van der Waals surface area contributed by atoms with E-state index >= 15 is 0 Å². The van der Waals surface area contributed by atoms with Crippen LogP contribution in [-0.2, 0) is 10.0 Å². The molecule has 1 N–H and O–H groups in total. The molecule has 2 atom stereocenters. The summed E-state index contributed by atoms with van der Waals surface area (Å²) in [5, 5.41) is 9.00. The van der Waals surface area contributed by atoms with Gasteiger partial charge in [-0.2, -0.15) is 16.1 Å². The molecule has 1 aliphatic heterocycles. The Morgan fingerprint density at radius 2 is 2.14 bits per heavy atom. The Morgan fingerprint density at radius 3 is 2.71 bits per heavy atom. The zero-order valence-electron chi connectivity index (χ0n) is 8.51. The third kappa shape index (κ3) is 2.62. The van der Waals surface area contributed by atoms with Crippen LogP contribution in [-0.4, -0.2) is 53.8 Å². The van der Waals surface area contributed by atoms with Gasteiger partial charge in [-0.05, 0) is 6.92 Å². The topological polar surface area (TPSA) is 57.6 Å². The molecule has 0 radical (unpaired) electrons. The van der Waals surface area contributed by atoms with Gasteiger partial charge in [0.15, 0.2) is 0 Å². The fraction of sp³-hybridized carbons (Fsp3) is 1.00. The first-order chi connectivity index (χ1) is 6.49. The third-order valence-corrected chi connectivity index (χ3v) is 5.80. The third-order valence-electron chi connectivity index (χ3n) is 2.53. The van der Waals surface area contributed by atoms with Gasteiger partial charge in [0, 0.05) is 23.6 Å². The molecule has 1 aliphatic rings. The number of nitrogens with zero attached hydrogens (tertiary/aromatic N) is 1. The molecule has 14 heavy (non-hydrogen) atoms. The first kappa shape index (κ1) is 12.3. The van der Waals surface area contributed by atoms with Gasteiger partial charge in [0.05, 0.1) is 12.4 Å². The first-order valence-corrected chi connectivity index (χ1v) is 7.37. The lowest BCUT2D eigenvalue weighted by molar-refractivity contribution is 0.304. The Hall–Kier alpha value is 0.220. The number of aliphatic hydroxyl groups excluding tert-OH is 1. The quantitative estimate of drug-likeness (QED) is 0.761. The average Bonchev–Trinajstić information content (AvgIpc) is 2.09. The first-order valence-electron chi connectivity index (χ1n) is 4.71. The SMILES string of the molecule is CC1SCCN(S(=O)(=O)CCO)C1C. The second kappa shape index (κ2) is 4.83. The van der Waals surface area contributed by atoms with Crippen molar-refractivity contribution >= 4 is 21.8 Å². The Morgan fingerprint density at radius 1 is 1.50 bits per heavy atom. The van der Waals surface area contributed by atoms with Crippen LogP contribution in [0.3, 0.4) is 0 Å². The maximum atomic E-state index is 11.7. The molecule has 0 aromatic rings. The van der Waals surface area contributed by atoms with Crippen molar-refractivity contribution in [1.29, 1.82) is 0 Å². The van der Waals surface area contributed by atoms with Gasteiger partial charge in [0.2, 0.25) is 10.0 Å². The maximum Gasteiger partial charge on any atom is 0.216 e. The lowest BCUT2D eigenvalue weighted by Gasteiger charge is -2.36. The van der Waals surface area contributed by atoms with Crippen LogP contribution in [0.1, 0.15) is 13.8 Å². The minimum absolute atomic E-state index is 0.0327. The second-order valence-corrected chi connectivity index (χ2v) is 6.99. The maximum absolute atomic E-state index is 11.7. The molecule has 0 aromatic heterocycles. The molecule has 0 bridgehead atoms. The smallest absolute Gasteiger partial charge is 0.216 e. The summed E-state index contributed by atoms with van der Waals surface area (Å²) in [6.45, 7) is 4.23. The molecule has 6 heteroatoms. The number of hydrogen-bond acceptors (Lipinski definition) is 4. The summed E-state index contributed by atoms with van der Waals surface area (Å²) in [5.74, 6) is 0.685. The summed E-state index contributed by atoms with van der Waals surface area (Å²) in [6.07, 6.45) is 0. The molecule has 1 fully saturated rings. The Kier molecular flexibility index (Phi) is 4.24. The van der Waals surface area contributed by atoms with E-state index in [4.69, 9.17) is 5.11 Å². The highest BCUT2D eigenvalue weighted by Crippen LogP contribution is 2.26. The number of thioether (sulfide) groups is 1. The molecule has 0 spiro atoms. The van der Waals surface area contributed by atoms with E-state index in [9.17, 15) is 8.42 Å². The van der Waals surface area contributed by atoms with E-state index in [1.54, 1.807) is 11.8 Å². The van der Waals surface area contributed by atoms with Gasteiger partial charge in [-0.25, -0.2) is 8.42 Å². The van der Waals surface area contributed by atoms with Crippen LogP contribution in [0.25, 0.3) is 0 Å². The van der Waals surface area contributed by atoms with Crippen molar-refractivity contribution in [1.82, 2.24) is 4.31 Å². The molecular formula is C8H17NO3S2. The van der Waals surface area contributed by atoms with E-state index in [0.717, 1.165) is 5.75 Å². The second-order valence-electron chi connectivity index (χ2n) is 3.47. The fourth-order valence-corrected chi connectivity index (χ4v) is 4.35. The molecule has 0 amide bonds. The van der Waals surface area contributed by atoms with Crippen LogP contribution < -0.4 is 0 Å². The molecular weight excluding hydrogens is 222 g/mol. The van der Waals surface area contributed by atoms with Gasteiger partial charge in [0.25, 0.3) is 0 Å². The summed E-state index contributed by atoms with van der Waals surface area (Å²) in [5.41, 5.74) is 0. The van der Waals surface area contributed by atoms with Crippen molar-refractivity contribution < 1.29 is 13.5 Å². The van der Waals surface area contributed by atoms with Crippen molar-refractivity contribution in [3.8, 4) is 0 Å². The zero-order valence-corrected chi connectivity index (χ0v) is 10.1. The molecule has 0 aromatic carbocycles. The number of rotatable bonds is 3. The Balaban J connectivity index is 2.76. The zero-order chi connectivity index (χ0) is 10.8. The van der Waals surface area contributed by atoms with E-state index in [0.29, 0.717) is 11.8 Å². The summed E-state index contributed by atoms with van der Waals surface area (Å²) in [7, 11) is -3.25. The van der Waals surface area contributed by atoms with Gasteiger partial charge >= 0.3 is 0 Å². The summed E-state index contributed by atoms with van der Waals surface area (Å²) >= 11 is 1.80. The summed E-state index contributed by atoms with van der Waals surface area (Å²) < 4.78 is 24.9. The van der Waals surface area contributed by atoms with Crippen LogP contribution in [0, 0.1) is 0 Å². The largest absolute Gasteiger partial charge is 0.395 e. The van der Waals surface area contributed by atoms with Crippen LogP contribution in [0.4, 0.5) is 0 Å². The predicted octanol–water partition coefficient (Wildman–Crippen LogP) is 0.134. The van der Waals surface area contributed by atoms with Crippen LogP contribution in [0.15, 0.2) is 0 Å². The normalized spacial score (nSPS) is 30.5. The van der Waals surface area contributed by atoms with Crippen LogP contribution in [0.5, 0.6) is 0 Å². The van der Waals surface area contributed by atoms with E-state index in [1.807, 2.05) is 13.8 Å². The monoisotopic (exact) mass is 239 g/mol. The Labute approximate surface area is 89.7 Å². The highest BCUT2D eigenvalue weighted by atomic mass is 32.2. The Bertz CT molecular complexity index is 278. The molecule has 1 saturated heterocycles. The summed E-state index contributed by atoms with van der Waals surface area (Å²) in [6, 6.07) is 0.0327. The minimum atomic E-state index is -3.25. The van der Waals surface area contributed by atoms with E-state index < -0.39 is 10.0 Å². The molecule has 1 heterocycles. The van der Waals surface area contributed by atoms with Crippen LogP contribution in [0.2, 0.25) is 0 Å².